The molecule has 0 spiro atoms. The van der Waals surface area contributed by atoms with Crippen LogP contribution in [0.4, 0.5) is 11.4 Å². The first-order valence-electron chi connectivity index (χ1n) is 9.71. The van der Waals surface area contributed by atoms with Crippen molar-refractivity contribution >= 4 is 50.6 Å². The van der Waals surface area contributed by atoms with Crippen LogP contribution in [0.25, 0.3) is 10.1 Å². The number of carbonyl (C=O) groups is 3. The van der Waals surface area contributed by atoms with Crippen molar-refractivity contribution in [3.8, 4) is 5.75 Å². The van der Waals surface area contributed by atoms with E-state index in [2.05, 4.69) is 5.32 Å². The van der Waals surface area contributed by atoms with E-state index in [4.69, 9.17) is 9.84 Å². The molecule has 0 radical (unpaired) electrons. The number of nitrogens with zero attached hydrogens (tertiary/aromatic N) is 1. The van der Waals surface area contributed by atoms with Crippen LogP contribution < -0.4 is 15.0 Å². The predicted octanol–water partition coefficient (Wildman–Crippen LogP) is 3.67. The molecule has 2 aromatic carbocycles. The van der Waals surface area contributed by atoms with Crippen LogP contribution in [0, 0.1) is 0 Å². The van der Waals surface area contributed by atoms with E-state index < -0.39 is 18.0 Å². The fourth-order valence-corrected chi connectivity index (χ4v) is 4.47. The number of carboxylic acid groups (broad SMARTS) is 2. The summed E-state index contributed by atoms with van der Waals surface area (Å²) in [5.41, 5.74) is 0.992. The smallest absolute Gasteiger partial charge is 0.346 e. The summed E-state index contributed by atoms with van der Waals surface area (Å²) in [5, 5.41) is 22.2. The second-order valence-electron chi connectivity index (χ2n) is 7.14. The lowest BCUT2D eigenvalue weighted by Crippen LogP contribution is -2.45. The molecule has 2 heterocycles. The molecule has 0 bridgehead atoms. The van der Waals surface area contributed by atoms with Crippen molar-refractivity contribution in [1.29, 1.82) is 0 Å². The molecule has 4 rings (SSSR count). The van der Waals surface area contributed by atoms with E-state index in [-0.39, 0.29) is 24.6 Å². The van der Waals surface area contributed by atoms with Crippen molar-refractivity contribution in [2.75, 3.05) is 23.3 Å². The molecule has 0 saturated carbocycles. The summed E-state index contributed by atoms with van der Waals surface area (Å²) in [4.78, 5) is 37.6. The number of ether oxygens (including phenoxy) is 1. The van der Waals surface area contributed by atoms with Crippen LogP contribution in [0.15, 0.2) is 48.5 Å². The Kier molecular flexibility index (Phi) is 5.77. The van der Waals surface area contributed by atoms with E-state index in [1.54, 1.807) is 23.1 Å². The van der Waals surface area contributed by atoms with Crippen LogP contribution in [0.3, 0.4) is 0 Å². The molecule has 1 amide bonds. The quantitative estimate of drug-likeness (QED) is 0.513. The van der Waals surface area contributed by atoms with Crippen molar-refractivity contribution in [3.63, 3.8) is 0 Å². The van der Waals surface area contributed by atoms with E-state index in [1.807, 2.05) is 30.3 Å². The van der Waals surface area contributed by atoms with Gasteiger partial charge in [-0.2, -0.15) is 0 Å². The number of aliphatic carboxylic acids is 2. The number of para-hydroxylation sites is 1. The Labute approximate surface area is 181 Å². The fourth-order valence-electron chi connectivity index (χ4n) is 3.51. The summed E-state index contributed by atoms with van der Waals surface area (Å²) in [6, 6.07) is 14.7. The third-order valence-electron chi connectivity index (χ3n) is 4.97. The number of thiophene rings is 1. The highest BCUT2D eigenvalue weighted by Gasteiger charge is 2.32. The van der Waals surface area contributed by atoms with Crippen molar-refractivity contribution in [3.05, 3.63) is 53.4 Å². The van der Waals surface area contributed by atoms with Gasteiger partial charge in [0.1, 0.15) is 0 Å². The van der Waals surface area contributed by atoms with Gasteiger partial charge in [0.15, 0.2) is 5.75 Å². The van der Waals surface area contributed by atoms with Crippen LogP contribution in [0.2, 0.25) is 0 Å². The Morgan fingerprint density at radius 2 is 1.94 bits per heavy atom. The third-order valence-corrected chi connectivity index (χ3v) is 6.09. The van der Waals surface area contributed by atoms with Crippen LogP contribution >= 0.6 is 11.3 Å². The summed E-state index contributed by atoms with van der Waals surface area (Å²) < 4.78 is 6.70. The van der Waals surface area contributed by atoms with E-state index in [9.17, 15) is 19.5 Å². The summed E-state index contributed by atoms with van der Waals surface area (Å²) in [5.74, 6) is -2.08. The highest BCUT2D eigenvalue weighted by Crippen LogP contribution is 2.40. The van der Waals surface area contributed by atoms with Crippen molar-refractivity contribution < 1.29 is 29.3 Å². The second-order valence-corrected chi connectivity index (χ2v) is 8.23. The third kappa shape index (κ3) is 4.46. The number of amides is 1. The number of hydrogen-bond donors (Lipinski definition) is 3. The summed E-state index contributed by atoms with van der Waals surface area (Å²) in [6.45, 7) is 0.454. The SMILES string of the molecule is O=C(O)CCCN1CC(C(=O)O)Oc2c(NC(=O)c3cc4ccccc4s3)cccc21. The number of carboxylic acids is 2. The topological polar surface area (TPSA) is 116 Å². The highest BCUT2D eigenvalue weighted by molar-refractivity contribution is 7.20. The van der Waals surface area contributed by atoms with Crippen molar-refractivity contribution in [2.24, 2.45) is 0 Å². The number of carbonyl (C=O) groups excluding carboxylic acids is 1. The van der Waals surface area contributed by atoms with E-state index >= 15 is 0 Å². The second kappa shape index (κ2) is 8.65. The Balaban J connectivity index is 1.61. The number of benzene rings is 2. The standard InChI is InChI=1S/C22H20N2O6S/c25-19(26)9-4-10-24-12-16(22(28)29)30-20-14(6-3-7-15(20)24)23-21(27)18-11-13-5-1-2-8-17(13)31-18/h1-3,5-8,11,16H,4,9-10,12H2,(H,23,27)(H,25,26)(H,28,29). The number of anilines is 2. The van der Waals surface area contributed by atoms with Crippen molar-refractivity contribution in [2.45, 2.75) is 18.9 Å². The van der Waals surface area contributed by atoms with Gasteiger partial charge >= 0.3 is 11.9 Å². The zero-order valence-electron chi connectivity index (χ0n) is 16.4. The Hall–Kier alpha value is -3.59. The highest BCUT2D eigenvalue weighted by atomic mass is 32.1. The molecular weight excluding hydrogens is 420 g/mol. The molecule has 3 aromatic rings. The lowest BCUT2D eigenvalue weighted by Gasteiger charge is -2.35. The van der Waals surface area contributed by atoms with Crippen LogP contribution in [0.1, 0.15) is 22.5 Å². The van der Waals surface area contributed by atoms with Gasteiger partial charge in [0.05, 0.1) is 22.8 Å². The maximum atomic E-state index is 12.9. The first-order chi connectivity index (χ1) is 14.9. The van der Waals surface area contributed by atoms with E-state index in [0.717, 1.165) is 10.1 Å². The largest absolute Gasteiger partial charge is 0.481 e. The Morgan fingerprint density at radius 1 is 1.13 bits per heavy atom. The summed E-state index contributed by atoms with van der Waals surface area (Å²) >= 11 is 1.37. The van der Waals surface area contributed by atoms with Gasteiger partial charge in [0, 0.05) is 17.7 Å². The van der Waals surface area contributed by atoms with E-state index in [0.29, 0.717) is 29.2 Å². The maximum absolute atomic E-state index is 12.9. The molecule has 9 heteroatoms. The Bertz CT molecular complexity index is 1120. The zero-order chi connectivity index (χ0) is 22.0. The first-order valence-corrected chi connectivity index (χ1v) is 10.5. The molecular formula is C22H20N2O6S. The van der Waals surface area contributed by atoms with Crippen LogP contribution in [0.5, 0.6) is 5.75 Å². The van der Waals surface area contributed by atoms with E-state index in [1.165, 1.54) is 11.3 Å². The van der Waals surface area contributed by atoms with Gasteiger partial charge in [-0.3, -0.25) is 9.59 Å². The molecule has 1 atom stereocenters. The maximum Gasteiger partial charge on any atom is 0.346 e. The van der Waals surface area contributed by atoms with Gasteiger partial charge in [-0.05, 0) is 36.1 Å². The predicted molar refractivity (Wildman–Crippen MR) is 117 cm³/mol. The van der Waals surface area contributed by atoms with Crippen molar-refractivity contribution in [1.82, 2.24) is 0 Å². The molecule has 0 aliphatic carbocycles. The molecule has 8 nitrogen and oxygen atoms in total. The Morgan fingerprint density at radius 3 is 2.68 bits per heavy atom. The average molecular weight is 440 g/mol. The minimum Gasteiger partial charge on any atom is -0.481 e. The summed E-state index contributed by atoms with van der Waals surface area (Å²) in [6.07, 6.45) is -0.786. The minimum absolute atomic E-state index is 0.0210. The average Bonchev–Trinajstić information content (AvgIpc) is 3.18. The lowest BCUT2D eigenvalue weighted by molar-refractivity contribution is -0.145. The number of fused-ring (bicyclic) bond motifs is 2. The van der Waals surface area contributed by atoms with Gasteiger partial charge in [0.2, 0.25) is 6.10 Å². The molecule has 0 saturated heterocycles. The molecule has 0 fully saturated rings. The fraction of sp³-hybridized carbons (Fsp3) is 0.227. The first kappa shape index (κ1) is 20.7. The molecule has 1 unspecified atom stereocenters. The molecule has 3 N–H and O–H groups in total. The van der Waals surface area contributed by atoms with Gasteiger partial charge < -0.3 is 25.2 Å². The monoisotopic (exact) mass is 440 g/mol. The lowest BCUT2D eigenvalue weighted by atomic mass is 10.1. The minimum atomic E-state index is -1.13. The normalized spacial score (nSPS) is 15.2. The summed E-state index contributed by atoms with van der Waals surface area (Å²) in [7, 11) is 0. The van der Waals surface area contributed by atoms with Gasteiger partial charge in [0.25, 0.3) is 5.91 Å². The number of rotatable bonds is 7. The van der Waals surface area contributed by atoms with Crippen LogP contribution in [-0.2, 0) is 9.59 Å². The zero-order valence-corrected chi connectivity index (χ0v) is 17.2. The molecule has 31 heavy (non-hydrogen) atoms. The van der Waals surface area contributed by atoms with Crippen LogP contribution in [-0.4, -0.2) is 47.3 Å². The number of nitrogens with one attached hydrogen (secondary N) is 1. The van der Waals surface area contributed by atoms with Gasteiger partial charge in [-0.1, -0.05) is 24.3 Å². The number of hydrogen-bond acceptors (Lipinski definition) is 6. The molecule has 1 aliphatic rings. The van der Waals surface area contributed by atoms with Gasteiger partial charge in [-0.15, -0.1) is 11.3 Å². The molecule has 160 valence electrons. The molecule has 1 aromatic heterocycles. The van der Waals surface area contributed by atoms with Gasteiger partial charge in [-0.25, -0.2) is 4.79 Å². The molecule has 1 aliphatic heterocycles.